The van der Waals surface area contributed by atoms with Crippen LogP contribution in [0.5, 0.6) is 0 Å². The van der Waals surface area contributed by atoms with Crippen LogP contribution >= 0.6 is 0 Å². The van der Waals surface area contributed by atoms with Crippen LogP contribution in [0.3, 0.4) is 0 Å². The summed E-state index contributed by atoms with van der Waals surface area (Å²) in [7, 11) is 0. The monoisotopic (exact) mass is 410 g/mol. The Hall–Kier alpha value is -3.66. The molecule has 0 aliphatic heterocycles. The van der Waals surface area contributed by atoms with Crippen LogP contribution in [0, 0.1) is 5.92 Å². The van der Waals surface area contributed by atoms with E-state index in [4.69, 9.17) is 0 Å². The number of hydrogen-bond donors (Lipinski definition) is 2. The minimum absolute atomic E-state index is 0.0293. The second kappa shape index (κ2) is 9.43. The maximum absolute atomic E-state index is 12.5. The van der Waals surface area contributed by atoms with Crippen LogP contribution in [-0.2, 0) is 9.59 Å². The number of carbonyl (C=O) groups excluding carboxylic acids is 2. The van der Waals surface area contributed by atoms with Gasteiger partial charge in [-0.15, -0.1) is 0 Å². The predicted octanol–water partition coefficient (Wildman–Crippen LogP) is 6.38. The molecule has 0 fully saturated rings. The van der Waals surface area contributed by atoms with Gasteiger partial charge in [0, 0.05) is 35.0 Å². The van der Waals surface area contributed by atoms with Crippen molar-refractivity contribution >= 4 is 44.7 Å². The first-order chi connectivity index (χ1) is 15.1. The molecule has 0 spiro atoms. The zero-order chi connectivity index (χ0) is 21.6. The van der Waals surface area contributed by atoms with Crippen molar-refractivity contribution in [2.45, 2.75) is 26.2 Å². The average Bonchev–Trinajstić information content (AvgIpc) is 2.78. The lowest BCUT2D eigenvalue weighted by atomic mass is 10.0. The van der Waals surface area contributed by atoms with Gasteiger partial charge < -0.3 is 10.6 Å². The fourth-order valence-electron chi connectivity index (χ4n) is 3.88. The summed E-state index contributed by atoms with van der Waals surface area (Å²) in [6, 6.07) is 27.8. The molecule has 4 aromatic rings. The summed E-state index contributed by atoms with van der Waals surface area (Å²) in [5.41, 5.74) is 1.65. The van der Waals surface area contributed by atoms with E-state index in [1.54, 1.807) is 0 Å². The first kappa shape index (κ1) is 20.6. The van der Waals surface area contributed by atoms with E-state index < -0.39 is 0 Å². The van der Waals surface area contributed by atoms with Gasteiger partial charge in [-0.05, 0) is 35.2 Å². The third kappa shape index (κ3) is 5.10. The van der Waals surface area contributed by atoms with Gasteiger partial charge in [-0.1, -0.05) is 79.7 Å². The van der Waals surface area contributed by atoms with Crippen LogP contribution < -0.4 is 10.6 Å². The van der Waals surface area contributed by atoms with Gasteiger partial charge in [-0.25, -0.2) is 0 Å². The normalized spacial score (nSPS) is 11.9. The minimum atomic E-state index is -0.0299. The molecule has 0 bridgehead atoms. The lowest BCUT2D eigenvalue weighted by Crippen LogP contribution is -2.17. The van der Waals surface area contributed by atoms with E-state index in [1.165, 1.54) is 0 Å². The van der Waals surface area contributed by atoms with Crippen LogP contribution in [0.2, 0.25) is 0 Å². The van der Waals surface area contributed by atoms with Crippen LogP contribution in [0.25, 0.3) is 21.5 Å². The fourth-order valence-corrected chi connectivity index (χ4v) is 3.88. The molecule has 4 rings (SSSR count). The first-order valence-corrected chi connectivity index (χ1v) is 10.7. The van der Waals surface area contributed by atoms with E-state index in [-0.39, 0.29) is 17.7 Å². The molecule has 0 aliphatic carbocycles. The highest BCUT2D eigenvalue weighted by molar-refractivity contribution is 6.03. The Morgan fingerprint density at radius 1 is 0.677 bits per heavy atom. The molecule has 31 heavy (non-hydrogen) atoms. The van der Waals surface area contributed by atoms with Gasteiger partial charge in [0.05, 0.1) is 0 Å². The summed E-state index contributed by atoms with van der Waals surface area (Å²) in [5.74, 6) is 0.0456. The number of carbonyl (C=O) groups is 2. The van der Waals surface area contributed by atoms with Crippen molar-refractivity contribution in [3.8, 4) is 0 Å². The van der Waals surface area contributed by atoms with E-state index in [9.17, 15) is 9.59 Å². The van der Waals surface area contributed by atoms with Gasteiger partial charge in [-0.3, -0.25) is 9.59 Å². The van der Waals surface area contributed by atoms with Gasteiger partial charge in [-0.2, -0.15) is 0 Å². The van der Waals surface area contributed by atoms with E-state index in [0.717, 1.165) is 32.9 Å². The molecule has 0 aromatic heterocycles. The van der Waals surface area contributed by atoms with E-state index in [2.05, 4.69) is 10.6 Å². The Bertz CT molecular complexity index is 1220. The van der Waals surface area contributed by atoms with Crippen LogP contribution in [0.15, 0.2) is 84.9 Å². The summed E-state index contributed by atoms with van der Waals surface area (Å²) in [5, 5.41) is 10.3. The zero-order valence-corrected chi connectivity index (χ0v) is 17.6. The molecule has 156 valence electrons. The fraction of sp³-hybridized carbons (Fsp3) is 0.185. The summed E-state index contributed by atoms with van der Waals surface area (Å²) in [6.07, 6.45) is 1.41. The van der Waals surface area contributed by atoms with Crippen LogP contribution in [0.4, 0.5) is 11.4 Å². The summed E-state index contributed by atoms with van der Waals surface area (Å²) in [6.45, 7) is 2.01. The van der Waals surface area contributed by atoms with Crippen molar-refractivity contribution in [3.63, 3.8) is 0 Å². The summed E-state index contributed by atoms with van der Waals surface area (Å²) < 4.78 is 0. The standard InChI is InChI=1S/C27H26N2O2/c1-19(18-27(31)29-25-15-7-11-21-9-3-5-13-23(21)25)16-17-26(30)28-24-14-6-10-20-8-2-4-12-22(20)24/h2-15,19H,16-18H2,1H3,(H,28,30)(H,29,31). The molecular formula is C27H26N2O2. The Kier molecular flexibility index (Phi) is 6.27. The molecule has 1 atom stereocenters. The maximum atomic E-state index is 12.5. The molecule has 4 aromatic carbocycles. The second-order valence-electron chi connectivity index (χ2n) is 8.00. The Labute approximate surface area is 182 Å². The molecule has 0 saturated heterocycles. The Balaban J connectivity index is 1.30. The molecule has 0 saturated carbocycles. The van der Waals surface area contributed by atoms with Gasteiger partial charge in [0.25, 0.3) is 0 Å². The first-order valence-electron chi connectivity index (χ1n) is 10.7. The van der Waals surface area contributed by atoms with Gasteiger partial charge in [0.2, 0.25) is 11.8 Å². The SMILES string of the molecule is CC(CCC(=O)Nc1cccc2ccccc12)CC(=O)Nc1cccc2ccccc12. The quantitative estimate of drug-likeness (QED) is 0.371. The third-order valence-corrected chi connectivity index (χ3v) is 5.53. The van der Waals surface area contributed by atoms with Crippen LogP contribution in [-0.4, -0.2) is 11.8 Å². The number of benzene rings is 4. The molecule has 4 nitrogen and oxygen atoms in total. The van der Waals surface area contributed by atoms with Gasteiger partial charge >= 0.3 is 0 Å². The number of amides is 2. The highest BCUT2D eigenvalue weighted by Gasteiger charge is 2.13. The van der Waals surface area contributed by atoms with Crippen molar-refractivity contribution < 1.29 is 9.59 Å². The smallest absolute Gasteiger partial charge is 0.224 e. The lowest BCUT2D eigenvalue weighted by molar-refractivity contribution is -0.118. The highest BCUT2D eigenvalue weighted by Crippen LogP contribution is 2.25. The average molecular weight is 411 g/mol. The van der Waals surface area contributed by atoms with Crippen molar-refractivity contribution in [2.24, 2.45) is 5.92 Å². The van der Waals surface area contributed by atoms with Gasteiger partial charge in [0.1, 0.15) is 0 Å². The van der Waals surface area contributed by atoms with Crippen molar-refractivity contribution in [2.75, 3.05) is 10.6 Å². The molecule has 0 radical (unpaired) electrons. The summed E-state index contributed by atoms with van der Waals surface area (Å²) in [4.78, 5) is 25.0. The van der Waals surface area contributed by atoms with E-state index in [1.807, 2.05) is 91.9 Å². The number of fused-ring (bicyclic) bond motifs is 2. The van der Waals surface area contributed by atoms with Crippen LogP contribution in [0.1, 0.15) is 26.2 Å². The van der Waals surface area contributed by atoms with E-state index >= 15 is 0 Å². The second-order valence-corrected chi connectivity index (χ2v) is 8.00. The number of nitrogens with one attached hydrogen (secondary N) is 2. The van der Waals surface area contributed by atoms with Crippen molar-refractivity contribution in [1.82, 2.24) is 0 Å². The van der Waals surface area contributed by atoms with E-state index in [0.29, 0.717) is 19.3 Å². The topological polar surface area (TPSA) is 58.2 Å². The van der Waals surface area contributed by atoms with Crippen molar-refractivity contribution in [1.29, 1.82) is 0 Å². The zero-order valence-electron chi connectivity index (χ0n) is 17.6. The largest absolute Gasteiger partial charge is 0.326 e. The molecule has 0 aliphatic rings. The minimum Gasteiger partial charge on any atom is -0.326 e. The highest BCUT2D eigenvalue weighted by atomic mass is 16.2. The third-order valence-electron chi connectivity index (χ3n) is 5.53. The number of rotatable bonds is 7. The van der Waals surface area contributed by atoms with Gasteiger partial charge in [0.15, 0.2) is 0 Å². The Morgan fingerprint density at radius 2 is 1.16 bits per heavy atom. The molecular weight excluding hydrogens is 384 g/mol. The lowest BCUT2D eigenvalue weighted by Gasteiger charge is -2.13. The number of anilines is 2. The molecule has 2 N–H and O–H groups in total. The van der Waals surface area contributed by atoms with Crippen molar-refractivity contribution in [3.05, 3.63) is 84.9 Å². The maximum Gasteiger partial charge on any atom is 0.224 e. The Morgan fingerprint density at radius 3 is 1.74 bits per heavy atom. The molecule has 4 heteroatoms. The molecule has 2 amide bonds. The summed E-state index contributed by atoms with van der Waals surface area (Å²) >= 11 is 0. The molecule has 1 unspecified atom stereocenters. The number of hydrogen-bond acceptors (Lipinski definition) is 2. The molecule has 0 heterocycles. The predicted molar refractivity (Wildman–Crippen MR) is 128 cm³/mol.